The number of hydrogen-bond donors (Lipinski definition) is 1. The fourth-order valence-electron chi connectivity index (χ4n) is 3.01. The fraction of sp³-hybridized carbons (Fsp3) is 0.412. The van der Waals surface area contributed by atoms with Crippen LogP contribution >= 0.6 is 0 Å². The van der Waals surface area contributed by atoms with Gasteiger partial charge in [-0.25, -0.2) is 0 Å². The van der Waals surface area contributed by atoms with Gasteiger partial charge in [-0.1, -0.05) is 30.3 Å². The highest BCUT2D eigenvalue weighted by Gasteiger charge is 2.21. The van der Waals surface area contributed by atoms with Crippen molar-refractivity contribution in [3.63, 3.8) is 0 Å². The van der Waals surface area contributed by atoms with Gasteiger partial charge in [-0.2, -0.15) is 0 Å². The van der Waals surface area contributed by atoms with Crippen molar-refractivity contribution in [2.45, 2.75) is 44.2 Å². The van der Waals surface area contributed by atoms with Crippen molar-refractivity contribution in [2.75, 3.05) is 0 Å². The first kappa shape index (κ1) is 12.5. The third kappa shape index (κ3) is 3.27. The Morgan fingerprint density at radius 2 is 1.79 bits per heavy atom. The van der Waals surface area contributed by atoms with Gasteiger partial charge in [-0.15, -0.1) is 0 Å². The summed E-state index contributed by atoms with van der Waals surface area (Å²) in [6.45, 7) is 0.928. The predicted molar refractivity (Wildman–Crippen MR) is 77.0 cm³/mol. The van der Waals surface area contributed by atoms with Crippen LogP contribution in [0.4, 0.5) is 0 Å². The van der Waals surface area contributed by atoms with Gasteiger partial charge < -0.3 is 9.73 Å². The van der Waals surface area contributed by atoms with Gasteiger partial charge in [0.15, 0.2) is 0 Å². The Hall–Kier alpha value is -1.54. The lowest BCUT2D eigenvalue weighted by Gasteiger charge is -2.29. The summed E-state index contributed by atoms with van der Waals surface area (Å²) in [7, 11) is 0. The molecular formula is C17H21NO. The minimum atomic E-state index is 0.662. The van der Waals surface area contributed by atoms with Crippen molar-refractivity contribution < 1.29 is 4.42 Å². The zero-order valence-electron chi connectivity index (χ0n) is 11.2. The lowest BCUT2D eigenvalue weighted by Crippen LogP contribution is -2.32. The molecule has 1 aliphatic carbocycles. The number of nitrogens with one attached hydrogen (secondary N) is 1. The Bertz CT molecular complexity index is 469. The summed E-state index contributed by atoms with van der Waals surface area (Å²) in [6, 6.07) is 13.6. The van der Waals surface area contributed by atoms with Crippen molar-refractivity contribution in [2.24, 2.45) is 0 Å². The lowest BCUT2D eigenvalue weighted by atomic mass is 9.82. The Kier molecular flexibility index (Phi) is 3.99. The third-order valence-electron chi connectivity index (χ3n) is 4.17. The number of rotatable bonds is 4. The zero-order chi connectivity index (χ0) is 12.9. The van der Waals surface area contributed by atoms with E-state index in [4.69, 9.17) is 4.42 Å². The smallest absolute Gasteiger partial charge is 0.0947 e. The van der Waals surface area contributed by atoms with Crippen molar-refractivity contribution in [3.05, 3.63) is 60.1 Å². The van der Waals surface area contributed by atoms with E-state index >= 15 is 0 Å². The van der Waals surface area contributed by atoms with Crippen molar-refractivity contribution in [3.8, 4) is 0 Å². The maximum atomic E-state index is 5.09. The average molecular weight is 255 g/mol. The third-order valence-corrected chi connectivity index (χ3v) is 4.17. The summed E-state index contributed by atoms with van der Waals surface area (Å²) in [5.41, 5.74) is 2.75. The van der Waals surface area contributed by atoms with Gasteiger partial charge in [0.2, 0.25) is 0 Å². The fourth-order valence-corrected chi connectivity index (χ4v) is 3.01. The number of benzene rings is 1. The zero-order valence-corrected chi connectivity index (χ0v) is 11.2. The molecular weight excluding hydrogens is 234 g/mol. The highest BCUT2D eigenvalue weighted by Crippen LogP contribution is 2.32. The Morgan fingerprint density at radius 3 is 2.47 bits per heavy atom. The molecule has 0 saturated heterocycles. The summed E-state index contributed by atoms with van der Waals surface area (Å²) in [5, 5.41) is 3.64. The summed E-state index contributed by atoms with van der Waals surface area (Å²) in [4.78, 5) is 0. The second kappa shape index (κ2) is 6.07. The molecule has 0 amide bonds. The number of furan rings is 1. The van der Waals surface area contributed by atoms with Gasteiger partial charge in [0, 0.05) is 18.2 Å². The van der Waals surface area contributed by atoms with Crippen LogP contribution < -0.4 is 5.32 Å². The van der Waals surface area contributed by atoms with E-state index in [0.717, 1.165) is 12.5 Å². The monoisotopic (exact) mass is 255 g/mol. The second-order valence-electron chi connectivity index (χ2n) is 5.47. The molecule has 2 nitrogen and oxygen atoms in total. The minimum absolute atomic E-state index is 0.662. The van der Waals surface area contributed by atoms with Gasteiger partial charge in [0.25, 0.3) is 0 Å². The maximum Gasteiger partial charge on any atom is 0.0947 e. The molecule has 0 unspecified atom stereocenters. The SMILES string of the molecule is c1ccc(C2CCC(NCc3ccoc3)CC2)cc1. The Morgan fingerprint density at radius 1 is 1.00 bits per heavy atom. The maximum absolute atomic E-state index is 5.09. The van der Waals surface area contributed by atoms with Gasteiger partial charge in [0.05, 0.1) is 12.5 Å². The van der Waals surface area contributed by atoms with Crippen LogP contribution in [0.2, 0.25) is 0 Å². The van der Waals surface area contributed by atoms with E-state index < -0.39 is 0 Å². The lowest BCUT2D eigenvalue weighted by molar-refractivity contribution is 0.341. The van der Waals surface area contributed by atoms with Gasteiger partial charge in [-0.3, -0.25) is 0 Å². The van der Waals surface area contributed by atoms with E-state index in [9.17, 15) is 0 Å². The first-order chi connectivity index (χ1) is 9.42. The summed E-state index contributed by atoms with van der Waals surface area (Å²) < 4.78 is 5.09. The van der Waals surface area contributed by atoms with E-state index in [2.05, 4.69) is 35.6 Å². The minimum Gasteiger partial charge on any atom is -0.472 e. The van der Waals surface area contributed by atoms with Crippen LogP contribution in [0.25, 0.3) is 0 Å². The molecule has 100 valence electrons. The molecule has 19 heavy (non-hydrogen) atoms. The molecule has 1 fully saturated rings. The molecule has 1 N–H and O–H groups in total. The molecule has 1 heterocycles. The summed E-state index contributed by atoms with van der Waals surface area (Å²) in [6.07, 6.45) is 8.71. The van der Waals surface area contributed by atoms with Crippen LogP contribution in [0.15, 0.2) is 53.3 Å². The van der Waals surface area contributed by atoms with Crippen molar-refractivity contribution in [1.29, 1.82) is 0 Å². The van der Waals surface area contributed by atoms with Crippen molar-refractivity contribution >= 4 is 0 Å². The molecule has 0 aliphatic heterocycles. The molecule has 0 atom stereocenters. The normalized spacial score (nSPS) is 23.4. The molecule has 0 spiro atoms. The molecule has 0 bridgehead atoms. The molecule has 2 heteroatoms. The van der Waals surface area contributed by atoms with Crippen LogP contribution in [0.5, 0.6) is 0 Å². The summed E-state index contributed by atoms with van der Waals surface area (Å²) >= 11 is 0. The first-order valence-electron chi connectivity index (χ1n) is 7.21. The predicted octanol–water partition coefficient (Wildman–Crippen LogP) is 4.10. The Balaban J connectivity index is 1.47. The largest absolute Gasteiger partial charge is 0.472 e. The number of hydrogen-bond acceptors (Lipinski definition) is 2. The van der Waals surface area contributed by atoms with E-state index in [0.29, 0.717) is 6.04 Å². The van der Waals surface area contributed by atoms with E-state index in [1.54, 1.807) is 6.26 Å². The molecule has 2 aromatic rings. The van der Waals surface area contributed by atoms with Crippen LogP contribution in [0, 0.1) is 0 Å². The van der Waals surface area contributed by atoms with E-state index in [1.807, 2.05) is 12.3 Å². The van der Waals surface area contributed by atoms with Crippen LogP contribution in [0.3, 0.4) is 0 Å². The highest BCUT2D eigenvalue weighted by atomic mass is 16.3. The first-order valence-corrected chi connectivity index (χ1v) is 7.21. The van der Waals surface area contributed by atoms with Gasteiger partial charge in [-0.05, 0) is 43.2 Å². The van der Waals surface area contributed by atoms with Gasteiger partial charge >= 0.3 is 0 Å². The van der Waals surface area contributed by atoms with Crippen LogP contribution in [-0.4, -0.2) is 6.04 Å². The molecule has 0 radical (unpaired) electrons. The molecule has 1 aromatic heterocycles. The molecule has 3 rings (SSSR count). The van der Waals surface area contributed by atoms with Crippen LogP contribution in [-0.2, 0) is 6.54 Å². The standard InChI is InChI=1S/C17H21NO/c1-2-4-15(5-3-1)16-6-8-17(9-7-16)18-12-14-10-11-19-13-14/h1-5,10-11,13,16-18H,6-9,12H2. The average Bonchev–Trinajstić information content (AvgIpc) is 3.00. The topological polar surface area (TPSA) is 25.2 Å². The quantitative estimate of drug-likeness (QED) is 0.890. The van der Waals surface area contributed by atoms with E-state index in [1.165, 1.54) is 36.8 Å². The van der Waals surface area contributed by atoms with Crippen molar-refractivity contribution in [1.82, 2.24) is 5.32 Å². The second-order valence-corrected chi connectivity index (χ2v) is 5.47. The van der Waals surface area contributed by atoms with E-state index in [-0.39, 0.29) is 0 Å². The summed E-state index contributed by atoms with van der Waals surface area (Å²) in [5.74, 6) is 0.758. The van der Waals surface area contributed by atoms with Crippen LogP contribution in [0.1, 0.15) is 42.7 Å². The molecule has 1 aromatic carbocycles. The highest BCUT2D eigenvalue weighted by molar-refractivity contribution is 5.20. The molecule has 1 aliphatic rings. The molecule has 1 saturated carbocycles. The Labute approximate surface area is 114 Å². The van der Waals surface area contributed by atoms with Gasteiger partial charge in [0.1, 0.15) is 0 Å².